The molecular weight excluding hydrogens is 310 g/mol. The van der Waals surface area contributed by atoms with Gasteiger partial charge in [0.2, 0.25) is 6.43 Å². The van der Waals surface area contributed by atoms with Gasteiger partial charge in [-0.25, -0.2) is 8.78 Å². The van der Waals surface area contributed by atoms with Crippen molar-refractivity contribution >= 4 is 5.97 Å². The van der Waals surface area contributed by atoms with Crippen LogP contribution in [0.2, 0.25) is 0 Å². The molecule has 1 N–H and O–H groups in total. The van der Waals surface area contributed by atoms with E-state index in [0.717, 1.165) is 25.7 Å². The lowest BCUT2D eigenvalue weighted by molar-refractivity contribution is -0.155. The Bertz CT molecular complexity index is 474. The summed E-state index contributed by atoms with van der Waals surface area (Å²) in [6.07, 6.45) is 11.9. The van der Waals surface area contributed by atoms with Crippen LogP contribution in [-0.2, 0) is 4.79 Å². The number of alkyl halides is 2. The molecule has 2 aliphatic carbocycles. The second kappa shape index (κ2) is 8.77. The monoisotopic (exact) mass is 340 g/mol. The van der Waals surface area contributed by atoms with Crippen molar-refractivity contribution in [1.29, 1.82) is 0 Å². The van der Waals surface area contributed by atoms with Crippen LogP contribution in [0.15, 0.2) is 23.8 Å². The van der Waals surface area contributed by atoms with E-state index in [1.807, 2.05) is 0 Å². The summed E-state index contributed by atoms with van der Waals surface area (Å²) in [6, 6.07) is 0. The van der Waals surface area contributed by atoms with E-state index in [1.54, 1.807) is 0 Å². The molecule has 1 atom stereocenters. The van der Waals surface area contributed by atoms with Gasteiger partial charge in [0.15, 0.2) is 0 Å². The third-order valence-electron chi connectivity index (χ3n) is 5.87. The van der Waals surface area contributed by atoms with Gasteiger partial charge in [-0.1, -0.05) is 43.6 Å². The smallest absolute Gasteiger partial charge is 0.309 e. The molecule has 0 aromatic carbocycles. The first-order valence-corrected chi connectivity index (χ1v) is 9.35. The molecule has 1 fully saturated rings. The van der Waals surface area contributed by atoms with E-state index in [9.17, 15) is 18.7 Å². The van der Waals surface area contributed by atoms with Crippen molar-refractivity contribution in [1.82, 2.24) is 0 Å². The van der Waals surface area contributed by atoms with Crippen molar-refractivity contribution in [3.05, 3.63) is 23.8 Å². The summed E-state index contributed by atoms with van der Waals surface area (Å²) in [5, 5.41) is 9.41. The van der Waals surface area contributed by atoms with E-state index in [0.29, 0.717) is 24.7 Å². The van der Waals surface area contributed by atoms with E-state index in [4.69, 9.17) is 0 Å². The van der Waals surface area contributed by atoms with Crippen molar-refractivity contribution < 1.29 is 18.7 Å². The zero-order valence-electron chi connectivity index (χ0n) is 14.6. The van der Waals surface area contributed by atoms with E-state index in [-0.39, 0.29) is 0 Å². The number of rotatable bonds is 8. The number of hydrogen-bond donors (Lipinski definition) is 1. The second-order valence-corrected chi connectivity index (χ2v) is 7.51. The Balaban J connectivity index is 1.85. The van der Waals surface area contributed by atoms with Crippen LogP contribution in [0, 0.1) is 17.3 Å². The fourth-order valence-corrected chi connectivity index (χ4v) is 4.22. The number of carbonyl (C=O) groups is 1. The minimum absolute atomic E-state index is 0.384. The van der Waals surface area contributed by atoms with E-state index in [1.165, 1.54) is 24.8 Å². The normalized spacial score (nSPS) is 30.4. The van der Waals surface area contributed by atoms with Crippen LogP contribution in [0.25, 0.3) is 0 Å². The Morgan fingerprint density at radius 2 is 2.04 bits per heavy atom. The van der Waals surface area contributed by atoms with E-state index >= 15 is 0 Å². The molecule has 0 radical (unpaired) electrons. The van der Waals surface area contributed by atoms with E-state index in [2.05, 4.69) is 25.2 Å². The van der Waals surface area contributed by atoms with Gasteiger partial charge in [-0.15, -0.1) is 0 Å². The van der Waals surface area contributed by atoms with Crippen molar-refractivity contribution in [3.8, 4) is 0 Å². The van der Waals surface area contributed by atoms with Crippen molar-refractivity contribution in [3.63, 3.8) is 0 Å². The minimum atomic E-state index is -2.54. The minimum Gasteiger partial charge on any atom is -0.481 e. The number of aliphatic carboxylic acids is 1. The van der Waals surface area contributed by atoms with Gasteiger partial charge in [-0.3, -0.25) is 4.79 Å². The van der Waals surface area contributed by atoms with Crippen LogP contribution in [0.5, 0.6) is 0 Å². The molecule has 1 unspecified atom stereocenters. The standard InChI is InChI=1S/C20H30F2O2/c1-2-3-4-5-15-6-8-16(9-7-15)17-10-12-20(13-11-17,19(23)24)14-18(21)22/h6-8,16-18H,2-5,9-14H2,1H3,(H,23,24). The Labute approximate surface area is 144 Å². The van der Waals surface area contributed by atoms with E-state index < -0.39 is 24.2 Å². The first-order valence-electron chi connectivity index (χ1n) is 9.35. The van der Waals surface area contributed by atoms with Crippen LogP contribution < -0.4 is 0 Å². The molecule has 2 aliphatic rings. The Kier molecular flexibility index (Phi) is 7.00. The van der Waals surface area contributed by atoms with Crippen LogP contribution >= 0.6 is 0 Å². The molecule has 0 saturated heterocycles. The van der Waals surface area contributed by atoms with Gasteiger partial charge in [0, 0.05) is 6.42 Å². The van der Waals surface area contributed by atoms with Crippen molar-refractivity contribution in [2.24, 2.45) is 17.3 Å². The maximum atomic E-state index is 12.8. The van der Waals surface area contributed by atoms with Crippen LogP contribution in [0.3, 0.4) is 0 Å². The highest BCUT2D eigenvalue weighted by atomic mass is 19.3. The number of hydrogen-bond acceptors (Lipinski definition) is 1. The quantitative estimate of drug-likeness (QED) is 0.551. The molecule has 4 heteroatoms. The predicted octanol–water partition coefficient (Wildman–Crippen LogP) is 5.99. The molecule has 0 bridgehead atoms. The zero-order chi connectivity index (χ0) is 17.6. The molecule has 0 heterocycles. The zero-order valence-corrected chi connectivity index (χ0v) is 14.6. The molecular formula is C20H30F2O2. The highest BCUT2D eigenvalue weighted by Crippen LogP contribution is 2.46. The summed E-state index contributed by atoms with van der Waals surface area (Å²) >= 11 is 0. The molecule has 24 heavy (non-hydrogen) atoms. The highest BCUT2D eigenvalue weighted by Gasteiger charge is 2.44. The molecule has 1 saturated carbocycles. The predicted molar refractivity (Wildman–Crippen MR) is 92.1 cm³/mol. The maximum Gasteiger partial charge on any atom is 0.309 e. The Hall–Kier alpha value is -1.19. The van der Waals surface area contributed by atoms with Gasteiger partial charge in [0.05, 0.1) is 5.41 Å². The highest BCUT2D eigenvalue weighted by molar-refractivity contribution is 5.74. The largest absolute Gasteiger partial charge is 0.481 e. The summed E-state index contributed by atoms with van der Waals surface area (Å²) in [5.74, 6) is -0.170. The molecule has 2 rings (SSSR count). The summed E-state index contributed by atoms with van der Waals surface area (Å²) < 4.78 is 25.5. The lowest BCUT2D eigenvalue weighted by Crippen LogP contribution is -2.38. The Morgan fingerprint density at radius 1 is 1.33 bits per heavy atom. The summed E-state index contributed by atoms with van der Waals surface area (Å²) in [4.78, 5) is 11.5. The molecule has 136 valence electrons. The average Bonchev–Trinajstić information content (AvgIpc) is 2.56. The van der Waals surface area contributed by atoms with Crippen molar-refractivity contribution in [2.75, 3.05) is 0 Å². The lowest BCUT2D eigenvalue weighted by atomic mass is 9.65. The topological polar surface area (TPSA) is 37.3 Å². The molecule has 0 aromatic rings. The first kappa shape index (κ1) is 19.1. The second-order valence-electron chi connectivity index (χ2n) is 7.51. The number of halogens is 2. The first-order chi connectivity index (χ1) is 11.5. The van der Waals surface area contributed by atoms with Crippen molar-refractivity contribution in [2.45, 2.75) is 77.6 Å². The third kappa shape index (κ3) is 4.90. The van der Waals surface area contributed by atoms with Gasteiger partial charge in [-0.05, 0) is 56.8 Å². The SMILES string of the molecule is CCCCCC1=CCC(C2CCC(CC(F)F)(C(=O)O)CC2)C=C1. The third-order valence-corrected chi connectivity index (χ3v) is 5.87. The fourth-order valence-electron chi connectivity index (χ4n) is 4.22. The fraction of sp³-hybridized carbons (Fsp3) is 0.750. The molecule has 0 aliphatic heterocycles. The maximum absolute atomic E-state index is 12.8. The Morgan fingerprint density at radius 3 is 2.54 bits per heavy atom. The van der Waals surface area contributed by atoms with Gasteiger partial charge < -0.3 is 5.11 Å². The van der Waals surface area contributed by atoms with Crippen LogP contribution in [-0.4, -0.2) is 17.5 Å². The summed E-state index contributed by atoms with van der Waals surface area (Å²) in [6.45, 7) is 2.20. The lowest BCUT2D eigenvalue weighted by Gasteiger charge is -2.39. The molecule has 0 aromatic heterocycles. The van der Waals surface area contributed by atoms with Gasteiger partial charge >= 0.3 is 5.97 Å². The van der Waals surface area contributed by atoms with Gasteiger partial charge in [0.25, 0.3) is 0 Å². The number of allylic oxidation sites excluding steroid dienone is 4. The van der Waals surface area contributed by atoms with Gasteiger partial charge in [-0.2, -0.15) is 0 Å². The van der Waals surface area contributed by atoms with Gasteiger partial charge in [0.1, 0.15) is 0 Å². The summed E-state index contributed by atoms with van der Waals surface area (Å²) in [7, 11) is 0. The summed E-state index contributed by atoms with van der Waals surface area (Å²) in [5.41, 5.74) is 0.206. The van der Waals surface area contributed by atoms with Crippen LogP contribution in [0.1, 0.15) is 71.1 Å². The number of carboxylic acids is 1. The molecule has 0 spiro atoms. The number of unbranched alkanes of at least 4 members (excludes halogenated alkanes) is 2. The number of carboxylic acid groups (broad SMARTS) is 1. The van der Waals surface area contributed by atoms with Crippen LogP contribution in [0.4, 0.5) is 8.78 Å². The molecule has 0 amide bonds. The average molecular weight is 340 g/mol. The molecule has 2 nitrogen and oxygen atoms in total.